The molecule has 2 N–H and O–H groups in total. The second-order valence-electron chi connectivity index (χ2n) is 4.57. The first kappa shape index (κ1) is 14.0. The molecule has 0 atom stereocenters. The average molecular weight is 355 g/mol. The van der Waals surface area contributed by atoms with Gasteiger partial charge in [-0.25, -0.2) is 13.2 Å². The van der Waals surface area contributed by atoms with Crippen LogP contribution in [-0.2, 0) is 0 Å². The Balaban J connectivity index is 2.26. The van der Waals surface area contributed by atoms with E-state index in [0.29, 0.717) is 11.4 Å². The molecule has 2 heterocycles. The zero-order valence-corrected chi connectivity index (χ0v) is 12.2. The highest BCUT2D eigenvalue weighted by Crippen LogP contribution is 2.36. The van der Waals surface area contributed by atoms with Gasteiger partial charge in [0.05, 0.1) is 10.4 Å². The monoisotopic (exact) mass is 354 g/mol. The summed E-state index contributed by atoms with van der Waals surface area (Å²) in [7, 11) is 0. The highest BCUT2D eigenvalue weighted by atomic mass is 79.9. The van der Waals surface area contributed by atoms with Crippen LogP contribution in [0.4, 0.5) is 13.2 Å². The number of benzene rings is 1. The molecule has 0 saturated heterocycles. The molecule has 0 radical (unpaired) electrons. The van der Waals surface area contributed by atoms with E-state index in [1.807, 2.05) is 0 Å². The number of H-pyrrole nitrogens is 2. The summed E-state index contributed by atoms with van der Waals surface area (Å²) in [4.78, 5) is 5.85. The lowest BCUT2D eigenvalue weighted by molar-refractivity contribution is 0.472. The highest BCUT2D eigenvalue weighted by Gasteiger charge is 2.28. The van der Waals surface area contributed by atoms with E-state index in [9.17, 15) is 13.2 Å². The van der Waals surface area contributed by atoms with Crippen LogP contribution >= 0.6 is 15.9 Å². The second-order valence-corrected chi connectivity index (χ2v) is 5.42. The van der Waals surface area contributed by atoms with Gasteiger partial charge in [-0.05, 0) is 46.3 Å². The molecule has 0 bridgehead atoms. The molecule has 6 heteroatoms. The van der Waals surface area contributed by atoms with Gasteiger partial charge >= 0.3 is 0 Å². The van der Waals surface area contributed by atoms with Gasteiger partial charge in [0.1, 0.15) is 5.82 Å². The summed E-state index contributed by atoms with van der Waals surface area (Å²) in [6.07, 6.45) is 3.30. The van der Waals surface area contributed by atoms with Crippen molar-refractivity contribution < 1.29 is 13.2 Å². The van der Waals surface area contributed by atoms with Crippen LogP contribution in [0.3, 0.4) is 0 Å². The predicted octanol–water partition coefficient (Wildman–Crippen LogP) is 4.70. The van der Waals surface area contributed by atoms with Crippen molar-refractivity contribution in [1.82, 2.24) is 9.97 Å². The maximum absolute atomic E-state index is 14.3. The van der Waals surface area contributed by atoms with Crippen molar-refractivity contribution in [2.45, 2.75) is 5.92 Å². The molecule has 0 aliphatic carbocycles. The predicted molar refractivity (Wildman–Crippen MR) is 76.5 cm³/mol. The number of hydrogen-bond donors (Lipinski definition) is 2. The molecule has 3 rings (SSSR count). The SMILES string of the molecule is Fc1cc(Br)c(F)c(F)c1C(c1ccc[nH]1)c1ccc[nH]1. The van der Waals surface area contributed by atoms with E-state index in [0.717, 1.165) is 6.07 Å². The molecule has 0 saturated carbocycles. The van der Waals surface area contributed by atoms with E-state index < -0.39 is 23.4 Å². The van der Waals surface area contributed by atoms with Gasteiger partial charge in [0.2, 0.25) is 0 Å². The minimum absolute atomic E-state index is 0.238. The van der Waals surface area contributed by atoms with Crippen LogP contribution < -0.4 is 0 Å². The van der Waals surface area contributed by atoms with Crippen LogP contribution in [0, 0.1) is 17.5 Å². The molecule has 3 aromatic rings. The first-order valence-corrected chi connectivity index (χ1v) is 6.98. The Hall–Kier alpha value is -1.95. The first-order valence-electron chi connectivity index (χ1n) is 6.19. The van der Waals surface area contributed by atoms with E-state index in [1.54, 1.807) is 36.7 Å². The molecule has 0 amide bonds. The Kier molecular flexibility index (Phi) is 3.63. The van der Waals surface area contributed by atoms with Crippen LogP contribution in [0.5, 0.6) is 0 Å². The summed E-state index contributed by atoms with van der Waals surface area (Å²) in [6.45, 7) is 0. The third-order valence-corrected chi connectivity index (χ3v) is 3.88. The molecule has 0 aliphatic heterocycles. The van der Waals surface area contributed by atoms with Gasteiger partial charge in [0.15, 0.2) is 11.6 Å². The van der Waals surface area contributed by atoms with Crippen LogP contribution in [0.1, 0.15) is 22.9 Å². The topological polar surface area (TPSA) is 31.6 Å². The summed E-state index contributed by atoms with van der Waals surface area (Å²) in [6, 6.07) is 7.77. The fourth-order valence-corrected chi connectivity index (χ4v) is 2.75. The number of aromatic nitrogens is 2. The molecule has 108 valence electrons. The lowest BCUT2D eigenvalue weighted by Gasteiger charge is -2.17. The van der Waals surface area contributed by atoms with Crippen LogP contribution in [-0.4, -0.2) is 9.97 Å². The zero-order valence-electron chi connectivity index (χ0n) is 10.6. The molecule has 2 aromatic heterocycles. The van der Waals surface area contributed by atoms with E-state index in [-0.39, 0.29) is 10.0 Å². The van der Waals surface area contributed by atoms with Crippen molar-refractivity contribution in [2.75, 3.05) is 0 Å². The second kappa shape index (κ2) is 5.44. The normalized spacial score (nSPS) is 11.3. The van der Waals surface area contributed by atoms with Crippen molar-refractivity contribution in [1.29, 1.82) is 0 Å². The van der Waals surface area contributed by atoms with E-state index in [2.05, 4.69) is 25.9 Å². The third-order valence-electron chi connectivity index (χ3n) is 3.30. The Labute approximate surface area is 127 Å². The summed E-state index contributed by atoms with van der Waals surface area (Å²) < 4.78 is 42.1. The summed E-state index contributed by atoms with van der Waals surface area (Å²) >= 11 is 2.81. The standard InChI is InChI=1S/C15H10BrF3N2/c16-8-7-9(17)12(15(19)14(8)18)13(10-3-1-5-20-10)11-4-2-6-21-11/h1-7,13,20-21H. The summed E-state index contributed by atoms with van der Waals surface area (Å²) in [5, 5.41) is 0. The number of halogens is 4. The Bertz CT molecular complexity index is 718. The number of rotatable bonds is 3. The highest BCUT2D eigenvalue weighted by molar-refractivity contribution is 9.10. The molecular formula is C15H10BrF3N2. The van der Waals surface area contributed by atoms with E-state index >= 15 is 0 Å². The lowest BCUT2D eigenvalue weighted by atomic mass is 9.91. The minimum atomic E-state index is -1.20. The minimum Gasteiger partial charge on any atom is -0.364 e. The number of hydrogen-bond acceptors (Lipinski definition) is 0. The maximum atomic E-state index is 14.3. The van der Waals surface area contributed by atoms with Gasteiger partial charge in [-0.15, -0.1) is 0 Å². The largest absolute Gasteiger partial charge is 0.364 e. The smallest absolute Gasteiger partial charge is 0.173 e. The van der Waals surface area contributed by atoms with Crippen molar-refractivity contribution in [3.05, 3.63) is 81.6 Å². The fourth-order valence-electron chi connectivity index (χ4n) is 2.37. The van der Waals surface area contributed by atoms with Crippen molar-refractivity contribution >= 4 is 15.9 Å². The summed E-state index contributed by atoms with van der Waals surface area (Å²) in [5.41, 5.74) is 0.801. The maximum Gasteiger partial charge on any atom is 0.173 e. The van der Waals surface area contributed by atoms with Crippen molar-refractivity contribution in [3.8, 4) is 0 Å². The molecular weight excluding hydrogens is 345 g/mol. The quantitative estimate of drug-likeness (QED) is 0.504. The zero-order chi connectivity index (χ0) is 15.0. The lowest BCUT2D eigenvalue weighted by Crippen LogP contribution is -2.11. The van der Waals surface area contributed by atoms with Gasteiger partial charge in [0.25, 0.3) is 0 Å². The molecule has 0 fully saturated rings. The number of aromatic amines is 2. The van der Waals surface area contributed by atoms with Crippen LogP contribution in [0.2, 0.25) is 0 Å². The van der Waals surface area contributed by atoms with Crippen LogP contribution in [0.25, 0.3) is 0 Å². The molecule has 21 heavy (non-hydrogen) atoms. The Morgan fingerprint density at radius 1 is 0.905 bits per heavy atom. The fraction of sp³-hybridized carbons (Fsp3) is 0.0667. The summed E-state index contributed by atoms with van der Waals surface area (Å²) in [5.74, 6) is -3.89. The molecule has 0 unspecified atom stereocenters. The number of nitrogens with one attached hydrogen (secondary N) is 2. The van der Waals surface area contributed by atoms with Crippen LogP contribution in [0.15, 0.2) is 47.2 Å². The van der Waals surface area contributed by atoms with E-state index in [1.165, 1.54) is 0 Å². The first-order chi connectivity index (χ1) is 10.1. The third kappa shape index (κ3) is 2.40. The van der Waals surface area contributed by atoms with E-state index in [4.69, 9.17) is 0 Å². The Morgan fingerprint density at radius 3 is 1.95 bits per heavy atom. The average Bonchev–Trinajstić information content (AvgIpc) is 3.14. The van der Waals surface area contributed by atoms with Gasteiger partial charge in [-0.1, -0.05) is 0 Å². The Morgan fingerprint density at radius 2 is 1.48 bits per heavy atom. The van der Waals surface area contributed by atoms with Crippen molar-refractivity contribution in [2.24, 2.45) is 0 Å². The van der Waals surface area contributed by atoms with Gasteiger partial charge in [-0.3, -0.25) is 0 Å². The molecule has 1 aromatic carbocycles. The molecule has 0 spiro atoms. The van der Waals surface area contributed by atoms with Crippen molar-refractivity contribution in [3.63, 3.8) is 0 Å². The van der Waals surface area contributed by atoms with Gasteiger partial charge < -0.3 is 9.97 Å². The molecule has 0 aliphatic rings. The van der Waals surface area contributed by atoms with Gasteiger partial charge in [-0.2, -0.15) is 0 Å². The molecule has 2 nitrogen and oxygen atoms in total. The van der Waals surface area contributed by atoms with Gasteiger partial charge in [0, 0.05) is 29.3 Å².